The Morgan fingerprint density at radius 3 is 2.52 bits per heavy atom. The van der Waals surface area contributed by atoms with Gasteiger partial charge in [-0.05, 0) is 42.5 Å². The Morgan fingerprint density at radius 1 is 1.03 bits per heavy atom. The number of aliphatic hydroxyl groups is 1. The van der Waals surface area contributed by atoms with Gasteiger partial charge in [-0.2, -0.15) is 10.2 Å². The normalized spacial score (nSPS) is 14.4. The maximum Gasteiger partial charge on any atom is 0.200 e. The lowest BCUT2D eigenvalue weighted by Crippen LogP contribution is -2.36. The number of morpholine rings is 1. The Kier molecular flexibility index (Phi) is 5.18. The third-order valence-corrected chi connectivity index (χ3v) is 5.78. The summed E-state index contributed by atoms with van der Waals surface area (Å²) >= 11 is 5.49. The quantitative estimate of drug-likeness (QED) is 0.354. The van der Waals surface area contributed by atoms with E-state index in [0.717, 1.165) is 48.8 Å². The number of phenols is 1. The fraction of sp³-hybridized carbons (Fsp3) is 0.286. The monoisotopic (exact) mass is 438 g/mol. The number of nitrogens with zero attached hydrogens (tertiary/aromatic N) is 4. The molecule has 3 heterocycles. The number of phenolic OH excluding ortho intramolecular Hbond substituents is 1. The minimum Gasteiger partial charge on any atom is -0.507 e. The first-order valence-corrected chi connectivity index (χ1v) is 10.5. The Morgan fingerprint density at radius 2 is 1.77 bits per heavy atom. The summed E-state index contributed by atoms with van der Waals surface area (Å²) in [7, 11) is 0. The van der Waals surface area contributed by atoms with Crippen molar-refractivity contribution in [2.45, 2.75) is 6.42 Å². The number of nitrogens with one attached hydrogen (secondary N) is 2. The molecule has 4 N–H and O–H groups in total. The molecule has 31 heavy (non-hydrogen) atoms. The summed E-state index contributed by atoms with van der Waals surface area (Å²) < 4.78 is 7.65. The van der Waals surface area contributed by atoms with Gasteiger partial charge >= 0.3 is 0 Å². The van der Waals surface area contributed by atoms with Gasteiger partial charge in [-0.1, -0.05) is 0 Å². The lowest BCUT2D eigenvalue weighted by molar-refractivity contribution is 0.122. The standard InChI is InChI=1S/C21H22N6O3S/c28-8-5-17-15-11-16(19(29)12-18(15)23-22-17)20-24-25-21(31)27(20)14-3-1-13(2-4-14)26-6-9-30-10-7-26/h1-4,11-12,28-29H,5-10H2,(H,22,23)(H,25,31). The van der Waals surface area contributed by atoms with Crippen molar-refractivity contribution in [1.82, 2.24) is 25.0 Å². The van der Waals surface area contributed by atoms with Crippen LogP contribution in [0.3, 0.4) is 0 Å². The van der Waals surface area contributed by atoms with Gasteiger partial charge in [0.2, 0.25) is 0 Å². The van der Waals surface area contributed by atoms with Gasteiger partial charge in [0.15, 0.2) is 10.6 Å². The number of hydrogen-bond acceptors (Lipinski definition) is 7. The van der Waals surface area contributed by atoms with E-state index in [9.17, 15) is 10.2 Å². The van der Waals surface area contributed by atoms with Crippen molar-refractivity contribution in [3.05, 3.63) is 46.9 Å². The topological polar surface area (TPSA) is 115 Å². The molecule has 4 aromatic rings. The molecule has 0 saturated carbocycles. The van der Waals surface area contributed by atoms with Gasteiger partial charge in [-0.3, -0.25) is 14.8 Å². The van der Waals surface area contributed by atoms with E-state index < -0.39 is 0 Å². The van der Waals surface area contributed by atoms with Gasteiger partial charge < -0.3 is 19.8 Å². The smallest absolute Gasteiger partial charge is 0.200 e. The molecule has 2 aromatic heterocycles. The van der Waals surface area contributed by atoms with Crippen molar-refractivity contribution in [2.24, 2.45) is 0 Å². The summed E-state index contributed by atoms with van der Waals surface area (Å²) in [6.07, 6.45) is 0.441. The number of anilines is 1. The molecule has 0 unspecified atom stereocenters. The highest BCUT2D eigenvalue weighted by Gasteiger charge is 2.18. The summed E-state index contributed by atoms with van der Waals surface area (Å²) in [4.78, 5) is 2.28. The molecule has 160 valence electrons. The second-order valence-electron chi connectivity index (χ2n) is 7.37. The summed E-state index contributed by atoms with van der Waals surface area (Å²) in [5.74, 6) is 0.550. The molecule has 0 radical (unpaired) electrons. The Hall–Kier alpha value is -3.21. The Balaban J connectivity index is 1.56. The average Bonchev–Trinajstić information content (AvgIpc) is 3.37. The molecule has 1 fully saturated rings. The molecule has 0 spiro atoms. The predicted octanol–water partition coefficient (Wildman–Crippen LogP) is 2.55. The van der Waals surface area contributed by atoms with Crippen LogP contribution in [-0.2, 0) is 11.2 Å². The van der Waals surface area contributed by atoms with Gasteiger partial charge in [0.25, 0.3) is 0 Å². The third-order valence-electron chi connectivity index (χ3n) is 5.51. The van der Waals surface area contributed by atoms with Crippen LogP contribution < -0.4 is 4.90 Å². The zero-order valence-electron chi connectivity index (χ0n) is 16.7. The zero-order chi connectivity index (χ0) is 21.4. The van der Waals surface area contributed by atoms with E-state index in [1.165, 1.54) is 0 Å². The lowest BCUT2D eigenvalue weighted by atomic mass is 10.1. The van der Waals surface area contributed by atoms with Crippen LogP contribution in [0.25, 0.3) is 28.0 Å². The number of aliphatic hydroxyl groups excluding tert-OH is 1. The van der Waals surface area contributed by atoms with E-state index in [2.05, 4.69) is 37.4 Å². The molecule has 2 aromatic carbocycles. The van der Waals surface area contributed by atoms with Crippen LogP contribution in [0.15, 0.2) is 36.4 Å². The number of hydrogen-bond donors (Lipinski definition) is 4. The number of fused-ring (bicyclic) bond motifs is 1. The minimum absolute atomic E-state index is 0.00169. The molecule has 1 aliphatic heterocycles. The van der Waals surface area contributed by atoms with Crippen molar-refractivity contribution in [1.29, 1.82) is 0 Å². The maximum atomic E-state index is 10.7. The second-order valence-corrected chi connectivity index (χ2v) is 7.75. The Bertz CT molecular complexity index is 1270. The first kappa shape index (κ1) is 19.7. The first-order chi connectivity index (χ1) is 15.2. The summed E-state index contributed by atoms with van der Waals surface area (Å²) in [6, 6.07) is 11.5. The largest absolute Gasteiger partial charge is 0.507 e. The van der Waals surface area contributed by atoms with Crippen LogP contribution in [0.1, 0.15) is 5.69 Å². The van der Waals surface area contributed by atoms with Crippen molar-refractivity contribution in [3.63, 3.8) is 0 Å². The average molecular weight is 439 g/mol. The van der Waals surface area contributed by atoms with Crippen molar-refractivity contribution in [3.8, 4) is 22.8 Å². The lowest BCUT2D eigenvalue weighted by Gasteiger charge is -2.29. The van der Waals surface area contributed by atoms with Crippen LogP contribution in [0.4, 0.5) is 5.69 Å². The first-order valence-electron chi connectivity index (χ1n) is 10.1. The van der Waals surface area contributed by atoms with E-state index in [-0.39, 0.29) is 12.4 Å². The number of rotatable bonds is 5. The number of benzene rings is 2. The van der Waals surface area contributed by atoms with Gasteiger partial charge in [0.1, 0.15) is 5.75 Å². The fourth-order valence-electron chi connectivity index (χ4n) is 3.93. The van der Waals surface area contributed by atoms with Crippen LogP contribution >= 0.6 is 12.2 Å². The minimum atomic E-state index is 0.00169. The van der Waals surface area contributed by atoms with Gasteiger partial charge in [0.05, 0.1) is 30.0 Å². The molecule has 0 aliphatic carbocycles. The predicted molar refractivity (Wildman–Crippen MR) is 119 cm³/mol. The van der Waals surface area contributed by atoms with Gasteiger partial charge in [0, 0.05) is 49.0 Å². The zero-order valence-corrected chi connectivity index (χ0v) is 17.5. The summed E-state index contributed by atoms with van der Waals surface area (Å²) in [5, 5.41) is 35.1. The maximum absolute atomic E-state index is 10.7. The SMILES string of the molecule is OCCc1[nH]nc2cc(O)c(-c3n[nH]c(=S)n3-c3ccc(N4CCOCC4)cc3)cc12. The number of ether oxygens (including phenoxy) is 1. The van der Waals surface area contributed by atoms with Crippen LogP contribution in [0.5, 0.6) is 5.75 Å². The van der Waals surface area contributed by atoms with Crippen LogP contribution in [0, 0.1) is 4.77 Å². The number of aromatic nitrogens is 5. The molecule has 1 aliphatic rings. The fourth-order valence-corrected chi connectivity index (χ4v) is 4.17. The number of H-pyrrole nitrogens is 2. The Labute approximate surface area is 182 Å². The molecule has 5 rings (SSSR count). The highest BCUT2D eigenvalue weighted by Crippen LogP contribution is 2.34. The van der Waals surface area contributed by atoms with E-state index >= 15 is 0 Å². The van der Waals surface area contributed by atoms with E-state index in [1.807, 2.05) is 18.2 Å². The molecule has 0 amide bonds. The summed E-state index contributed by atoms with van der Waals surface area (Å²) in [5.41, 5.74) is 3.92. The van der Waals surface area contributed by atoms with Gasteiger partial charge in [-0.15, -0.1) is 0 Å². The van der Waals surface area contributed by atoms with E-state index in [1.54, 1.807) is 10.6 Å². The van der Waals surface area contributed by atoms with Crippen molar-refractivity contribution < 1.29 is 14.9 Å². The van der Waals surface area contributed by atoms with E-state index in [4.69, 9.17) is 17.0 Å². The molecule has 9 nitrogen and oxygen atoms in total. The number of aromatic hydroxyl groups is 1. The van der Waals surface area contributed by atoms with Crippen molar-refractivity contribution >= 4 is 28.8 Å². The van der Waals surface area contributed by atoms with Gasteiger partial charge in [-0.25, -0.2) is 0 Å². The molecule has 10 heteroatoms. The second kappa shape index (κ2) is 8.14. The van der Waals surface area contributed by atoms with Crippen LogP contribution in [-0.4, -0.2) is 68.1 Å². The highest BCUT2D eigenvalue weighted by atomic mass is 32.1. The molecular weight excluding hydrogens is 416 g/mol. The van der Waals surface area contributed by atoms with Crippen molar-refractivity contribution in [2.75, 3.05) is 37.8 Å². The summed E-state index contributed by atoms with van der Waals surface area (Å²) in [6.45, 7) is 3.19. The highest BCUT2D eigenvalue weighted by molar-refractivity contribution is 7.71. The molecule has 0 bridgehead atoms. The third kappa shape index (κ3) is 3.58. The van der Waals surface area contributed by atoms with E-state index in [0.29, 0.717) is 28.1 Å². The van der Waals surface area contributed by atoms with Crippen LogP contribution in [0.2, 0.25) is 0 Å². The number of aromatic amines is 2. The molecular formula is C21H22N6O3S. The molecule has 1 saturated heterocycles. The molecule has 0 atom stereocenters.